The first-order valence-corrected chi connectivity index (χ1v) is 11.0. The van der Waals surface area contributed by atoms with Gasteiger partial charge in [-0.2, -0.15) is 0 Å². The molecule has 4 rings (SSSR count). The van der Waals surface area contributed by atoms with Crippen molar-refractivity contribution in [1.82, 2.24) is 0 Å². The fourth-order valence-electron chi connectivity index (χ4n) is 5.37. The molecule has 33 heavy (non-hydrogen) atoms. The minimum absolute atomic E-state index is 0.00362. The van der Waals surface area contributed by atoms with Gasteiger partial charge >= 0.3 is 17.9 Å². The van der Waals surface area contributed by atoms with Crippen LogP contribution >= 0.6 is 0 Å². The molecule has 3 bridgehead atoms. The molecule has 4 aliphatic heterocycles. The third kappa shape index (κ3) is 3.88. The number of allylic oxidation sites excluding steroid dienone is 1. The van der Waals surface area contributed by atoms with Crippen LogP contribution < -0.4 is 0 Å². The number of carbonyl (C=O) groups excluding carboxylic acids is 3. The fourth-order valence-corrected chi connectivity index (χ4v) is 5.37. The largest absolute Gasteiger partial charge is 0.461 e. The van der Waals surface area contributed by atoms with E-state index in [2.05, 4.69) is 0 Å². The van der Waals surface area contributed by atoms with E-state index in [0.717, 1.165) is 0 Å². The highest BCUT2D eigenvalue weighted by Gasteiger charge is 2.67. The normalized spacial score (nSPS) is 40.0. The van der Waals surface area contributed by atoms with E-state index in [1.54, 1.807) is 19.9 Å². The lowest BCUT2D eigenvalue weighted by Crippen LogP contribution is -2.63. The topological polar surface area (TPSA) is 127 Å². The van der Waals surface area contributed by atoms with Crippen LogP contribution in [0.5, 0.6) is 0 Å². The van der Waals surface area contributed by atoms with Crippen LogP contribution in [0.25, 0.3) is 0 Å². The maximum Gasteiger partial charge on any atom is 0.340 e. The molecule has 1 N–H and O–H groups in total. The van der Waals surface area contributed by atoms with Crippen LogP contribution in [-0.4, -0.2) is 78.6 Å². The van der Waals surface area contributed by atoms with Crippen molar-refractivity contribution in [2.75, 3.05) is 20.3 Å². The van der Waals surface area contributed by atoms with Gasteiger partial charge in [-0.3, -0.25) is 4.79 Å². The zero-order valence-electron chi connectivity index (χ0n) is 19.5. The summed E-state index contributed by atoms with van der Waals surface area (Å²) >= 11 is 0. The Morgan fingerprint density at radius 1 is 1.27 bits per heavy atom. The van der Waals surface area contributed by atoms with E-state index >= 15 is 0 Å². The molecule has 6 atom stereocenters. The summed E-state index contributed by atoms with van der Waals surface area (Å²) in [6, 6.07) is 0. The smallest absolute Gasteiger partial charge is 0.340 e. The summed E-state index contributed by atoms with van der Waals surface area (Å²) in [5, 5.41) is 11.0. The van der Waals surface area contributed by atoms with Crippen LogP contribution in [-0.2, 0) is 42.8 Å². The Morgan fingerprint density at radius 2 is 2.00 bits per heavy atom. The van der Waals surface area contributed by atoms with Gasteiger partial charge in [0.15, 0.2) is 0 Å². The van der Waals surface area contributed by atoms with Gasteiger partial charge in [0.05, 0.1) is 29.5 Å². The average Bonchev–Trinajstić information content (AvgIpc) is 3.10. The molecule has 182 valence electrons. The number of hydrogen-bond donors (Lipinski definition) is 1. The molecule has 0 aromatic carbocycles. The molecular weight excluding hydrogens is 436 g/mol. The molecule has 1 spiro atoms. The van der Waals surface area contributed by atoms with Crippen LogP contribution in [0.2, 0.25) is 0 Å². The van der Waals surface area contributed by atoms with Crippen molar-refractivity contribution in [2.24, 2.45) is 0 Å². The lowest BCUT2D eigenvalue weighted by Gasteiger charge is -2.52. The van der Waals surface area contributed by atoms with Crippen molar-refractivity contribution in [3.63, 3.8) is 0 Å². The van der Waals surface area contributed by atoms with Crippen LogP contribution in [0.1, 0.15) is 47.0 Å². The first-order chi connectivity index (χ1) is 15.5. The molecule has 10 nitrogen and oxygen atoms in total. The maximum absolute atomic E-state index is 13.0. The molecular formula is C23H30O10. The van der Waals surface area contributed by atoms with E-state index in [9.17, 15) is 19.5 Å². The second-order valence-electron chi connectivity index (χ2n) is 9.38. The number of rotatable bonds is 5. The molecule has 0 amide bonds. The Kier molecular flexibility index (Phi) is 5.93. The number of ether oxygens (including phenoxy) is 6. The molecule has 0 aromatic heterocycles. The Labute approximate surface area is 191 Å². The average molecular weight is 466 g/mol. The first-order valence-electron chi connectivity index (χ1n) is 11.0. The number of fused-ring (bicyclic) bond motifs is 3. The minimum atomic E-state index is -1.60. The zero-order chi connectivity index (χ0) is 24.2. The number of esters is 3. The molecule has 3 saturated heterocycles. The van der Waals surface area contributed by atoms with Crippen molar-refractivity contribution < 1.29 is 47.9 Å². The Hall–Kier alpha value is -2.27. The van der Waals surface area contributed by atoms with Gasteiger partial charge in [0.2, 0.25) is 5.79 Å². The Bertz CT molecular complexity index is 938. The third-order valence-electron chi connectivity index (χ3n) is 6.97. The molecule has 0 aliphatic carbocycles. The second kappa shape index (κ2) is 8.19. The molecule has 4 heterocycles. The first kappa shape index (κ1) is 23.9. The fraction of sp³-hybridized carbons (Fsp3) is 0.696. The van der Waals surface area contributed by atoms with Crippen molar-refractivity contribution in [1.29, 1.82) is 0 Å². The van der Waals surface area contributed by atoms with Crippen molar-refractivity contribution >= 4 is 17.9 Å². The van der Waals surface area contributed by atoms with Crippen molar-refractivity contribution in [3.8, 4) is 0 Å². The SMILES string of the molecule is C/C=C(\C)C(=O)O[C@H]1C[C@@]23CO[C@@H](C[C@](C)(C[C@@]4(OC)OC(=O)C(COC(C)=O)=C14)O2)[C@@H]3O. The molecule has 4 aliphatic rings. The summed E-state index contributed by atoms with van der Waals surface area (Å²) in [6.45, 7) is 6.13. The molecule has 0 saturated carbocycles. The van der Waals surface area contributed by atoms with Gasteiger partial charge in [-0.05, 0) is 20.8 Å². The zero-order valence-corrected chi connectivity index (χ0v) is 19.5. The summed E-state index contributed by atoms with van der Waals surface area (Å²) in [5.74, 6) is -3.51. The summed E-state index contributed by atoms with van der Waals surface area (Å²) < 4.78 is 34.8. The maximum atomic E-state index is 13.0. The molecule has 3 fully saturated rings. The molecule has 10 heteroatoms. The summed E-state index contributed by atoms with van der Waals surface area (Å²) in [7, 11) is 1.39. The van der Waals surface area contributed by atoms with Crippen LogP contribution in [0, 0.1) is 0 Å². The van der Waals surface area contributed by atoms with E-state index in [-0.39, 0.29) is 37.2 Å². The Balaban J connectivity index is 1.87. The van der Waals surface area contributed by atoms with Gasteiger partial charge in [0, 0.05) is 38.9 Å². The van der Waals surface area contributed by atoms with Gasteiger partial charge in [0.25, 0.3) is 0 Å². The van der Waals surface area contributed by atoms with Gasteiger partial charge in [-0.25, -0.2) is 9.59 Å². The van der Waals surface area contributed by atoms with Crippen molar-refractivity contribution in [2.45, 2.75) is 82.3 Å². The van der Waals surface area contributed by atoms with Gasteiger partial charge in [0.1, 0.15) is 24.4 Å². The van der Waals surface area contributed by atoms with Gasteiger partial charge in [-0.1, -0.05) is 6.08 Å². The molecule has 0 radical (unpaired) electrons. The number of aliphatic hydroxyl groups is 1. The Morgan fingerprint density at radius 3 is 2.64 bits per heavy atom. The highest BCUT2D eigenvalue weighted by Crippen LogP contribution is 2.54. The third-order valence-corrected chi connectivity index (χ3v) is 6.97. The number of aliphatic hydroxyl groups excluding tert-OH is 1. The lowest BCUT2D eigenvalue weighted by molar-refractivity contribution is -0.275. The highest BCUT2D eigenvalue weighted by molar-refractivity contribution is 5.94. The predicted molar refractivity (Wildman–Crippen MR) is 111 cm³/mol. The van der Waals surface area contributed by atoms with Crippen LogP contribution in [0.15, 0.2) is 22.8 Å². The monoisotopic (exact) mass is 466 g/mol. The summed E-state index contributed by atoms with van der Waals surface area (Å²) in [6.07, 6.45) is -0.447. The van der Waals surface area contributed by atoms with Crippen LogP contribution in [0.4, 0.5) is 0 Å². The van der Waals surface area contributed by atoms with E-state index in [1.165, 1.54) is 14.0 Å². The van der Waals surface area contributed by atoms with Crippen molar-refractivity contribution in [3.05, 3.63) is 22.8 Å². The standard InChI is InChI=1S/C23H30O10/c1-6-12(2)19(26)31-15-8-22-11-30-16(18(22)25)7-21(4,33-22)10-23(28-5)17(15)14(20(27)32-23)9-29-13(3)24/h6,15-16,18,25H,7-11H2,1-5H3/b12-6+/t15-,16-,18-,21+,22-,23+/m0/s1. The van der Waals surface area contributed by atoms with E-state index in [0.29, 0.717) is 12.0 Å². The number of hydrogen-bond acceptors (Lipinski definition) is 10. The predicted octanol–water partition coefficient (Wildman–Crippen LogP) is 1.09. The minimum Gasteiger partial charge on any atom is -0.461 e. The van der Waals surface area contributed by atoms with Gasteiger partial charge in [-0.15, -0.1) is 0 Å². The van der Waals surface area contributed by atoms with E-state index in [4.69, 9.17) is 28.4 Å². The van der Waals surface area contributed by atoms with Gasteiger partial charge < -0.3 is 33.5 Å². The van der Waals surface area contributed by atoms with E-state index in [1.807, 2.05) is 6.92 Å². The summed E-state index contributed by atoms with van der Waals surface area (Å²) in [5.41, 5.74) is -1.35. The molecule has 0 aromatic rings. The number of methoxy groups -OCH3 is 1. The molecule has 0 unspecified atom stereocenters. The quantitative estimate of drug-likeness (QED) is 0.357. The second-order valence-corrected chi connectivity index (χ2v) is 9.38. The lowest BCUT2D eigenvalue weighted by atomic mass is 9.73. The number of carbonyl (C=O) groups is 3. The van der Waals surface area contributed by atoms with E-state index < -0.39 is 53.2 Å². The van der Waals surface area contributed by atoms with Crippen LogP contribution in [0.3, 0.4) is 0 Å². The summed E-state index contributed by atoms with van der Waals surface area (Å²) in [4.78, 5) is 37.3. The highest BCUT2D eigenvalue weighted by atomic mass is 16.7.